The minimum Gasteiger partial charge on any atom is -0.488 e. The van der Waals surface area contributed by atoms with Crippen LogP contribution >= 0.6 is 0 Å². The second kappa shape index (κ2) is 12.4. The standard InChI is InChI=1S/C36H38N2O4/c1-27(2)31-21-33(36(37-17-19-40-20-18-37)32-16-10-9-15-30(32)23-38(36)26-39)35(42-25-29-13-7-4-8-14-29)22-34(31)41-24-28-11-5-3-6-12-28/h3-16,21-22,26-27H,17-20,23-25H2,1-2H3. The van der Waals surface area contributed by atoms with Crippen LogP contribution in [0.5, 0.6) is 11.5 Å². The number of hydrogen-bond acceptors (Lipinski definition) is 5. The van der Waals surface area contributed by atoms with Crippen molar-refractivity contribution in [2.75, 3.05) is 26.3 Å². The average molecular weight is 563 g/mol. The van der Waals surface area contributed by atoms with Gasteiger partial charge in [-0.05, 0) is 34.2 Å². The molecule has 0 aromatic heterocycles. The third kappa shape index (κ3) is 5.28. The van der Waals surface area contributed by atoms with E-state index < -0.39 is 5.66 Å². The molecule has 6 nitrogen and oxygen atoms in total. The number of carbonyl (C=O) groups is 1. The molecular formula is C36H38N2O4. The van der Waals surface area contributed by atoms with Crippen molar-refractivity contribution < 1.29 is 19.0 Å². The Balaban J connectivity index is 1.54. The summed E-state index contributed by atoms with van der Waals surface area (Å²) < 4.78 is 19.0. The maximum absolute atomic E-state index is 12.9. The quantitative estimate of drug-likeness (QED) is 0.207. The highest BCUT2D eigenvalue weighted by molar-refractivity contribution is 5.63. The van der Waals surface area contributed by atoms with Crippen LogP contribution in [0.3, 0.4) is 0 Å². The maximum atomic E-state index is 12.9. The Morgan fingerprint density at radius 3 is 2.00 bits per heavy atom. The molecule has 1 atom stereocenters. The van der Waals surface area contributed by atoms with Gasteiger partial charge in [-0.15, -0.1) is 0 Å². The van der Waals surface area contributed by atoms with E-state index in [-0.39, 0.29) is 5.92 Å². The number of benzene rings is 4. The van der Waals surface area contributed by atoms with Crippen molar-refractivity contribution in [3.05, 3.63) is 130 Å². The Hall–Kier alpha value is -4.13. The van der Waals surface area contributed by atoms with Crippen LogP contribution in [0, 0.1) is 0 Å². The fourth-order valence-corrected chi connectivity index (χ4v) is 6.29. The van der Waals surface area contributed by atoms with Crippen molar-refractivity contribution in [3.8, 4) is 11.5 Å². The molecule has 6 rings (SSSR count). The number of nitrogens with zero attached hydrogens (tertiary/aromatic N) is 2. The number of morpholine rings is 1. The van der Waals surface area contributed by atoms with Crippen molar-refractivity contribution in [1.29, 1.82) is 0 Å². The highest BCUT2D eigenvalue weighted by Crippen LogP contribution is 2.51. The van der Waals surface area contributed by atoms with Gasteiger partial charge in [-0.1, -0.05) is 98.8 Å². The first-order chi connectivity index (χ1) is 20.6. The van der Waals surface area contributed by atoms with Gasteiger partial charge in [0.25, 0.3) is 0 Å². The van der Waals surface area contributed by atoms with Gasteiger partial charge in [0, 0.05) is 36.8 Å². The predicted molar refractivity (Wildman–Crippen MR) is 163 cm³/mol. The van der Waals surface area contributed by atoms with E-state index in [2.05, 4.69) is 67.3 Å². The molecule has 1 saturated heterocycles. The summed E-state index contributed by atoms with van der Waals surface area (Å²) in [5.74, 6) is 1.68. The lowest BCUT2D eigenvalue weighted by molar-refractivity contribution is -0.135. The van der Waals surface area contributed by atoms with Crippen LogP contribution in [0.4, 0.5) is 0 Å². The second-order valence-corrected chi connectivity index (χ2v) is 11.3. The Morgan fingerprint density at radius 2 is 1.38 bits per heavy atom. The van der Waals surface area contributed by atoms with E-state index in [9.17, 15) is 4.79 Å². The van der Waals surface area contributed by atoms with Gasteiger partial charge >= 0.3 is 0 Å². The van der Waals surface area contributed by atoms with E-state index in [1.807, 2.05) is 53.4 Å². The van der Waals surface area contributed by atoms with Gasteiger partial charge in [0.05, 0.1) is 13.2 Å². The zero-order valence-electron chi connectivity index (χ0n) is 24.4. The van der Waals surface area contributed by atoms with Gasteiger partial charge in [0.1, 0.15) is 24.7 Å². The number of rotatable bonds is 10. The van der Waals surface area contributed by atoms with E-state index >= 15 is 0 Å². The van der Waals surface area contributed by atoms with E-state index in [4.69, 9.17) is 14.2 Å². The first kappa shape index (κ1) is 28.0. The molecule has 2 heterocycles. The predicted octanol–water partition coefficient (Wildman–Crippen LogP) is 6.47. The number of carbonyl (C=O) groups excluding carboxylic acids is 1. The second-order valence-electron chi connectivity index (χ2n) is 11.3. The summed E-state index contributed by atoms with van der Waals surface area (Å²) in [7, 11) is 0. The topological polar surface area (TPSA) is 51.2 Å². The average Bonchev–Trinajstić information content (AvgIpc) is 3.39. The summed E-state index contributed by atoms with van der Waals surface area (Å²) in [6.45, 7) is 8.34. The summed E-state index contributed by atoms with van der Waals surface area (Å²) in [5.41, 5.74) is 5.61. The summed E-state index contributed by atoms with van der Waals surface area (Å²) in [6.07, 6.45) is 0.991. The molecule has 216 valence electrons. The monoisotopic (exact) mass is 562 g/mol. The van der Waals surface area contributed by atoms with Crippen molar-refractivity contribution in [2.45, 2.75) is 45.2 Å². The third-order valence-electron chi connectivity index (χ3n) is 8.33. The molecule has 0 saturated carbocycles. The van der Waals surface area contributed by atoms with E-state index in [0.29, 0.717) is 51.8 Å². The molecule has 0 aliphatic carbocycles. The lowest BCUT2D eigenvalue weighted by Crippen LogP contribution is -2.58. The van der Waals surface area contributed by atoms with E-state index in [1.165, 1.54) is 0 Å². The molecule has 4 aromatic rings. The lowest BCUT2D eigenvalue weighted by Gasteiger charge is -2.48. The van der Waals surface area contributed by atoms with Crippen LogP contribution in [0.1, 0.15) is 53.1 Å². The molecule has 4 aromatic carbocycles. The maximum Gasteiger partial charge on any atom is 0.212 e. The molecule has 1 unspecified atom stereocenters. The largest absolute Gasteiger partial charge is 0.488 e. The molecule has 1 amide bonds. The zero-order chi connectivity index (χ0) is 28.9. The van der Waals surface area contributed by atoms with Crippen LogP contribution in [0.2, 0.25) is 0 Å². The Labute approximate surface area is 248 Å². The number of hydrogen-bond donors (Lipinski definition) is 0. The van der Waals surface area contributed by atoms with Gasteiger partial charge in [-0.3, -0.25) is 9.69 Å². The molecule has 0 bridgehead atoms. The summed E-state index contributed by atoms with van der Waals surface area (Å²) in [6, 6.07) is 33.0. The van der Waals surface area contributed by atoms with Crippen LogP contribution in [-0.2, 0) is 35.0 Å². The molecule has 0 N–H and O–H groups in total. The lowest BCUT2D eigenvalue weighted by atomic mass is 9.85. The molecule has 0 radical (unpaired) electrons. The molecule has 0 spiro atoms. The molecule has 6 heteroatoms. The summed E-state index contributed by atoms with van der Waals surface area (Å²) in [5, 5.41) is 0. The first-order valence-corrected chi connectivity index (χ1v) is 14.8. The summed E-state index contributed by atoms with van der Waals surface area (Å²) >= 11 is 0. The number of ether oxygens (including phenoxy) is 3. The van der Waals surface area contributed by atoms with Gasteiger partial charge in [0.2, 0.25) is 6.41 Å². The Kier molecular flexibility index (Phi) is 8.27. The Bertz CT molecular complexity index is 1500. The van der Waals surface area contributed by atoms with Crippen molar-refractivity contribution >= 4 is 6.41 Å². The van der Waals surface area contributed by atoms with Gasteiger partial charge < -0.3 is 19.1 Å². The molecule has 2 aliphatic rings. The van der Waals surface area contributed by atoms with Crippen molar-refractivity contribution in [3.63, 3.8) is 0 Å². The zero-order valence-corrected chi connectivity index (χ0v) is 24.4. The smallest absolute Gasteiger partial charge is 0.212 e. The minimum absolute atomic E-state index is 0.181. The molecule has 42 heavy (non-hydrogen) atoms. The number of fused-ring (bicyclic) bond motifs is 1. The fraction of sp³-hybridized carbons (Fsp3) is 0.306. The minimum atomic E-state index is -0.838. The van der Waals surface area contributed by atoms with E-state index in [0.717, 1.165) is 45.5 Å². The molecular weight excluding hydrogens is 524 g/mol. The summed E-state index contributed by atoms with van der Waals surface area (Å²) in [4.78, 5) is 17.3. The van der Waals surface area contributed by atoms with Gasteiger partial charge in [0.15, 0.2) is 5.66 Å². The SMILES string of the molecule is CC(C)c1cc(C2(N3CCOCC3)c3ccccc3CN2C=O)c(OCc2ccccc2)cc1OCc1ccccc1. The molecule has 2 aliphatic heterocycles. The highest BCUT2D eigenvalue weighted by atomic mass is 16.5. The Morgan fingerprint density at radius 1 is 0.786 bits per heavy atom. The van der Waals surface area contributed by atoms with Gasteiger partial charge in [-0.2, -0.15) is 0 Å². The normalized spacial score (nSPS) is 18.6. The van der Waals surface area contributed by atoms with Crippen molar-refractivity contribution in [1.82, 2.24) is 9.80 Å². The van der Waals surface area contributed by atoms with Crippen LogP contribution in [-0.4, -0.2) is 42.5 Å². The fourth-order valence-electron chi connectivity index (χ4n) is 6.29. The third-order valence-corrected chi connectivity index (χ3v) is 8.33. The molecule has 1 fully saturated rings. The first-order valence-electron chi connectivity index (χ1n) is 14.8. The van der Waals surface area contributed by atoms with Crippen molar-refractivity contribution in [2.24, 2.45) is 0 Å². The highest BCUT2D eigenvalue weighted by Gasteiger charge is 2.52. The van der Waals surface area contributed by atoms with Crippen LogP contribution in [0.15, 0.2) is 97.1 Å². The van der Waals surface area contributed by atoms with E-state index in [1.54, 1.807) is 0 Å². The van der Waals surface area contributed by atoms with Crippen LogP contribution < -0.4 is 9.47 Å². The van der Waals surface area contributed by atoms with Gasteiger partial charge in [-0.25, -0.2) is 0 Å². The van der Waals surface area contributed by atoms with Crippen LogP contribution in [0.25, 0.3) is 0 Å². The number of amides is 1.